The molecule has 2 heterocycles. The molecule has 0 aliphatic carbocycles. The molecular weight excluding hydrogens is 296 g/mol. The van der Waals surface area contributed by atoms with Crippen molar-refractivity contribution >= 4 is 17.4 Å². The molecule has 110 valence electrons. The molecular formula is C16H14N4OS. The quantitative estimate of drug-likeness (QED) is 0.596. The molecule has 0 bridgehead atoms. The van der Waals surface area contributed by atoms with Crippen LogP contribution in [-0.4, -0.2) is 25.3 Å². The van der Waals surface area contributed by atoms with Gasteiger partial charge in [-0.15, -0.1) is 6.42 Å². The molecule has 0 saturated carbocycles. The number of hydrogen-bond donors (Lipinski definition) is 1. The van der Waals surface area contributed by atoms with Gasteiger partial charge in [-0.05, 0) is 19.4 Å². The lowest BCUT2D eigenvalue weighted by Crippen LogP contribution is -2.19. The van der Waals surface area contributed by atoms with Crippen molar-refractivity contribution in [2.75, 3.05) is 5.75 Å². The molecule has 0 fully saturated rings. The van der Waals surface area contributed by atoms with Gasteiger partial charge in [-0.3, -0.25) is 4.98 Å². The number of benzene rings is 1. The van der Waals surface area contributed by atoms with Crippen LogP contribution in [0, 0.1) is 26.2 Å². The largest absolute Gasteiger partial charge is 0.350 e. The van der Waals surface area contributed by atoms with Crippen molar-refractivity contribution in [1.82, 2.24) is 19.6 Å². The zero-order chi connectivity index (χ0) is 15.7. The monoisotopic (exact) mass is 310 g/mol. The Morgan fingerprint density at radius 3 is 2.73 bits per heavy atom. The van der Waals surface area contributed by atoms with E-state index >= 15 is 0 Å². The Kier molecular flexibility index (Phi) is 3.73. The van der Waals surface area contributed by atoms with Crippen LogP contribution in [0.4, 0.5) is 0 Å². The Balaban J connectivity index is 2.23. The predicted octanol–water partition coefficient (Wildman–Crippen LogP) is 2.43. The second kappa shape index (κ2) is 5.70. The van der Waals surface area contributed by atoms with Crippen molar-refractivity contribution in [3.63, 3.8) is 0 Å². The van der Waals surface area contributed by atoms with E-state index in [0.29, 0.717) is 16.6 Å². The summed E-state index contributed by atoms with van der Waals surface area (Å²) in [6.07, 6.45) is 5.26. The summed E-state index contributed by atoms with van der Waals surface area (Å²) in [7, 11) is 0. The van der Waals surface area contributed by atoms with Gasteiger partial charge in [0, 0.05) is 5.56 Å². The number of hydrogen-bond acceptors (Lipinski definition) is 4. The van der Waals surface area contributed by atoms with Gasteiger partial charge >= 0.3 is 5.69 Å². The summed E-state index contributed by atoms with van der Waals surface area (Å²) in [5, 5.41) is 4.80. The molecule has 1 N–H and O–H groups in total. The summed E-state index contributed by atoms with van der Waals surface area (Å²) >= 11 is 1.32. The molecule has 0 unspecified atom stereocenters. The first kappa shape index (κ1) is 14.4. The number of terminal acetylenes is 1. The van der Waals surface area contributed by atoms with E-state index in [2.05, 4.69) is 21.0 Å². The fraction of sp³-hybridized carbons (Fsp3) is 0.188. The summed E-state index contributed by atoms with van der Waals surface area (Å²) in [6.45, 7) is 3.90. The molecule has 3 aromatic rings. The van der Waals surface area contributed by atoms with Crippen LogP contribution < -0.4 is 5.69 Å². The zero-order valence-electron chi connectivity index (χ0n) is 12.3. The maximum atomic E-state index is 12.2. The van der Waals surface area contributed by atoms with E-state index in [4.69, 9.17) is 6.42 Å². The van der Waals surface area contributed by atoms with E-state index in [-0.39, 0.29) is 5.69 Å². The molecule has 3 rings (SSSR count). The second-order valence-electron chi connectivity index (χ2n) is 4.90. The molecule has 0 aliphatic heterocycles. The van der Waals surface area contributed by atoms with Gasteiger partial charge in [-0.1, -0.05) is 47.5 Å². The molecule has 0 aliphatic rings. The lowest BCUT2D eigenvalue weighted by atomic mass is 10.0. The minimum absolute atomic E-state index is 0.314. The number of aromatic nitrogens is 4. The number of thioether (sulfide) groups is 1. The van der Waals surface area contributed by atoms with Crippen molar-refractivity contribution in [2.24, 2.45) is 0 Å². The van der Waals surface area contributed by atoms with E-state index < -0.39 is 0 Å². The van der Waals surface area contributed by atoms with E-state index in [0.717, 1.165) is 16.8 Å². The van der Waals surface area contributed by atoms with Gasteiger partial charge in [0.2, 0.25) is 0 Å². The molecule has 0 saturated heterocycles. The number of rotatable bonds is 3. The molecule has 1 aromatic carbocycles. The Bertz CT molecular complexity index is 932. The molecule has 0 atom stereocenters. The average Bonchev–Trinajstić information content (AvgIpc) is 2.83. The highest BCUT2D eigenvalue weighted by Crippen LogP contribution is 2.27. The van der Waals surface area contributed by atoms with Crippen molar-refractivity contribution in [1.29, 1.82) is 0 Å². The van der Waals surface area contributed by atoms with Crippen LogP contribution >= 0.6 is 11.8 Å². The first-order valence-corrected chi connectivity index (χ1v) is 7.71. The second-order valence-corrected chi connectivity index (χ2v) is 5.87. The van der Waals surface area contributed by atoms with Crippen molar-refractivity contribution in [3.05, 3.63) is 46.0 Å². The van der Waals surface area contributed by atoms with Crippen LogP contribution in [-0.2, 0) is 0 Å². The minimum atomic E-state index is -0.314. The highest BCUT2D eigenvalue weighted by Gasteiger charge is 2.16. The van der Waals surface area contributed by atoms with Gasteiger partial charge in [-0.25, -0.2) is 9.78 Å². The van der Waals surface area contributed by atoms with Crippen molar-refractivity contribution in [3.8, 4) is 23.5 Å². The Morgan fingerprint density at radius 2 is 2.05 bits per heavy atom. The third-order valence-corrected chi connectivity index (χ3v) is 4.06. The molecule has 6 heteroatoms. The maximum Gasteiger partial charge on any atom is 0.350 e. The van der Waals surface area contributed by atoms with Crippen LogP contribution in [0.25, 0.3) is 16.8 Å². The lowest BCUT2D eigenvalue weighted by molar-refractivity contribution is 0.780. The molecule has 0 radical (unpaired) electrons. The van der Waals surface area contributed by atoms with E-state index in [1.54, 1.807) is 0 Å². The third kappa shape index (κ3) is 2.51. The van der Waals surface area contributed by atoms with Gasteiger partial charge in [0.1, 0.15) is 0 Å². The zero-order valence-corrected chi connectivity index (χ0v) is 13.1. The van der Waals surface area contributed by atoms with E-state index in [9.17, 15) is 4.79 Å². The first-order valence-electron chi connectivity index (χ1n) is 6.73. The van der Waals surface area contributed by atoms with Crippen LogP contribution in [0.5, 0.6) is 0 Å². The average molecular weight is 310 g/mol. The Morgan fingerprint density at radius 1 is 1.32 bits per heavy atom. The normalized spacial score (nSPS) is 10.8. The SMILES string of the molecule is C#CCSc1nc2c(-c3ccc(C)cc3)c(C)nn2c(=O)[nH]1. The summed E-state index contributed by atoms with van der Waals surface area (Å²) < 4.78 is 1.30. The Hall–Kier alpha value is -2.52. The molecule has 2 aromatic heterocycles. The number of H-pyrrole nitrogens is 1. The van der Waals surface area contributed by atoms with Gasteiger partial charge < -0.3 is 0 Å². The molecule has 0 amide bonds. The van der Waals surface area contributed by atoms with Gasteiger partial charge in [-0.2, -0.15) is 9.61 Å². The number of fused-ring (bicyclic) bond motifs is 1. The van der Waals surface area contributed by atoms with Crippen LogP contribution in [0.2, 0.25) is 0 Å². The van der Waals surface area contributed by atoms with Crippen molar-refractivity contribution in [2.45, 2.75) is 19.0 Å². The summed E-state index contributed by atoms with van der Waals surface area (Å²) in [6, 6.07) is 8.08. The Labute approximate surface area is 131 Å². The number of aryl methyl sites for hydroxylation is 2. The number of aromatic amines is 1. The fourth-order valence-corrected chi connectivity index (χ4v) is 2.80. The number of nitrogens with one attached hydrogen (secondary N) is 1. The van der Waals surface area contributed by atoms with E-state index in [1.165, 1.54) is 21.8 Å². The molecule has 22 heavy (non-hydrogen) atoms. The highest BCUT2D eigenvalue weighted by atomic mass is 32.2. The lowest BCUT2D eigenvalue weighted by Gasteiger charge is -2.02. The molecule has 5 nitrogen and oxygen atoms in total. The van der Waals surface area contributed by atoms with Gasteiger partial charge in [0.15, 0.2) is 10.8 Å². The first-order chi connectivity index (χ1) is 10.6. The van der Waals surface area contributed by atoms with E-state index in [1.807, 2.05) is 38.1 Å². The standard InChI is InChI=1S/C16H14N4OS/c1-4-9-22-15-17-14-13(12-7-5-10(2)6-8-12)11(3)19-20(14)16(21)18-15/h1,5-8H,9H2,2-3H3,(H,17,18,21). The van der Waals surface area contributed by atoms with Gasteiger partial charge in [0.25, 0.3) is 0 Å². The molecule has 0 spiro atoms. The fourth-order valence-electron chi connectivity index (χ4n) is 2.27. The number of nitrogens with zero attached hydrogens (tertiary/aromatic N) is 3. The smallest absolute Gasteiger partial charge is 0.285 e. The van der Waals surface area contributed by atoms with Crippen LogP contribution in [0.3, 0.4) is 0 Å². The topological polar surface area (TPSA) is 63.1 Å². The summed E-state index contributed by atoms with van der Waals surface area (Å²) in [5.74, 6) is 2.97. The summed E-state index contributed by atoms with van der Waals surface area (Å²) in [4.78, 5) is 19.3. The van der Waals surface area contributed by atoms with Gasteiger partial charge in [0.05, 0.1) is 11.4 Å². The third-order valence-electron chi connectivity index (χ3n) is 3.28. The predicted molar refractivity (Wildman–Crippen MR) is 88.1 cm³/mol. The maximum absolute atomic E-state index is 12.2. The highest BCUT2D eigenvalue weighted by molar-refractivity contribution is 7.99. The summed E-state index contributed by atoms with van der Waals surface area (Å²) in [5.41, 5.74) is 4.03. The minimum Gasteiger partial charge on any atom is -0.285 e. The van der Waals surface area contributed by atoms with Crippen LogP contribution in [0.15, 0.2) is 34.2 Å². The van der Waals surface area contributed by atoms with Crippen LogP contribution in [0.1, 0.15) is 11.3 Å². The van der Waals surface area contributed by atoms with Crippen molar-refractivity contribution < 1.29 is 0 Å².